The van der Waals surface area contributed by atoms with E-state index in [0.717, 1.165) is 0 Å². The lowest BCUT2D eigenvalue weighted by Crippen LogP contribution is -2.44. The van der Waals surface area contributed by atoms with Crippen LogP contribution in [0.1, 0.15) is 6.92 Å². The van der Waals surface area contributed by atoms with Gasteiger partial charge < -0.3 is 16.2 Å². The molecule has 1 rings (SSSR count). The molecule has 1 aliphatic heterocycles. The number of thioether (sulfide) groups is 1. The number of aliphatic carboxylic acids is 1. The minimum Gasteiger partial charge on any atom is -0.477 e. The summed E-state index contributed by atoms with van der Waals surface area (Å²) >= 11 is 1.46. The number of carboxylic acids is 1. The highest BCUT2D eigenvalue weighted by atomic mass is 32.2. The van der Waals surface area contributed by atoms with E-state index in [1.54, 1.807) is 6.92 Å². The molecule has 0 aromatic carbocycles. The first kappa shape index (κ1) is 11.1. The molecule has 14 heavy (non-hydrogen) atoms. The van der Waals surface area contributed by atoms with E-state index in [0.29, 0.717) is 17.1 Å². The van der Waals surface area contributed by atoms with Crippen LogP contribution in [-0.4, -0.2) is 34.5 Å². The van der Waals surface area contributed by atoms with Gasteiger partial charge in [0, 0.05) is 11.5 Å². The molecule has 0 aromatic heterocycles. The molecule has 1 unspecified atom stereocenters. The molecule has 0 saturated heterocycles. The van der Waals surface area contributed by atoms with Gasteiger partial charge in [0.2, 0.25) is 5.91 Å². The molecular formula is C8H12N2O3S. The van der Waals surface area contributed by atoms with Crippen LogP contribution >= 0.6 is 11.8 Å². The van der Waals surface area contributed by atoms with Gasteiger partial charge in [-0.3, -0.25) is 4.79 Å². The Bertz CT molecular complexity index is 301. The largest absolute Gasteiger partial charge is 0.477 e. The molecule has 0 saturated carbocycles. The van der Waals surface area contributed by atoms with E-state index in [2.05, 4.69) is 5.32 Å². The number of hydrogen-bond donors (Lipinski definition) is 3. The van der Waals surface area contributed by atoms with Gasteiger partial charge in [-0.1, -0.05) is 0 Å². The summed E-state index contributed by atoms with van der Waals surface area (Å²) in [5, 5.41) is 11.1. The van der Waals surface area contributed by atoms with Gasteiger partial charge in [-0.25, -0.2) is 4.79 Å². The van der Waals surface area contributed by atoms with Crippen molar-refractivity contribution in [1.82, 2.24) is 5.32 Å². The van der Waals surface area contributed by atoms with Gasteiger partial charge in [0.25, 0.3) is 0 Å². The zero-order valence-electron chi connectivity index (χ0n) is 7.74. The van der Waals surface area contributed by atoms with E-state index in [9.17, 15) is 9.59 Å². The molecule has 6 heteroatoms. The number of hydrogen-bond acceptors (Lipinski definition) is 4. The first-order chi connectivity index (χ1) is 6.52. The molecule has 1 atom stereocenters. The SMILES string of the molecule is C/C1=C(\C(=O)O)NC(=O)C(N)CSC1. The Hall–Kier alpha value is -1.01. The van der Waals surface area contributed by atoms with Crippen molar-refractivity contribution in [1.29, 1.82) is 0 Å². The third-order valence-corrected chi connectivity index (χ3v) is 3.07. The molecule has 0 bridgehead atoms. The van der Waals surface area contributed by atoms with Crippen molar-refractivity contribution in [2.24, 2.45) is 5.73 Å². The summed E-state index contributed by atoms with van der Waals surface area (Å²) in [6.45, 7) is 1.69. The zero-order valence-corrected chi connectivity index (χ0v) is 8.56. The van der Waals surface area contributed by atoms with E-state index in [1.165, 1.54) is 11.8 Å². The Balaban J connectivity index is 2.92. The Labute approximate surface area is 85.7 Å². The van der Waals surface area contributed by atoms with E-state index in [4.69, 9.17) is 10.8 Å². The molecule has 4 N–H and O–H groups in total. The fraction of sp³-hybridized carbons (Fsp3) is 0.500. The van der Waals surface area contributed by atoms with Gasteiger partial charge in [-0.2, -0.15) is 11.8 Å². The van der Waals surface area contributed by atoms with Crippen LogP contribution in [0, 0.1) is 0 Å². The average molecular weight is 216 g/mol. The first-order valence-corrected chi connectivity index (χ1v) is 5.25. The van der Waals surface area contributed by atoms with E-state index < -0.39 is 17.9 Å². The second-order valence-corrected chi connectivity index (χ2v) is 4.10. The van der Waals surface area contributed by atoms with Gasteiger partial charge in [-0.05, 0) is 12.5 Å². The van der Waals surface area contributed by atoms with Gasteiger partial charge in [0.05, 0.1) is 6.04 Å². The second kappa shape index (κ2) is 4.47. The van der Waals surface area contributed by atoms with E-state index in [-0.39, 0.29) is 5.70 Å². The average Bonchev–Trinajstić information content (AvgIpc) is 2.10. The van der Waals surface area contributed by atoms with Crippen LogP contribution in [0.3, 0.4) is 0 Å². The predicted octanol–water partition coefficient (Wildman–Crippen LogP) is -0.465. The molecular weight excluding hydrogens is 204 g/mol. The number of nitrogens with one attached hydrogen (secondary N) is 1. The number of carbonyl (C=O) groups is 2. The highest BCUT2D eigenvalue weighted by Gasteiger charge is 2.22. The van der Waals surface area contributed by atoms with E-state index >= 15 is 0 Å². The highest BCUT2D eigenvalue weighted by Crippen LogP contribution is 2.14. The summed E-state index contributed by atoms with van der Waals surface area (Å²) in [7, 11) is 0. The summed E-state index contributed by atoms with van der Waals surface area (Å²) < 4.78 is 0. The number of carbonyl (C=O) groups excluding carboxylic acids is 1. The maximum atomic E-state index is 11.3. The molecule has 78 valence electrons. The van der Waals surface area contributed by atoms with Crippen molar-refractivity contribution in [3.8, 4) is 0 Å². The zero-order chi connectivity index (χ0) is 10.7. The monoisotopic (exact) mass is 216 g/mol. The van der Waals surface area contributed by atoms with Gasteiger partial charge in [0.15, 0.2) is 0 Å². The van der Waals surface area contributed by atoms with Crippen LogP contribution < -0.4 is 11.1 Å². The highest BCUT2D eigenvalue weighted by molar-refractivity contribution is 7.99. The molecule has 1 heterocycles. The molecule has 0 radical (unpaired) electrons. The quantitative estimate of drug-likeness (QED) is 0.551. The lowest BCUT2D eigenvalue weighted by Gasteiger charge is -2.17. The first-order valence-electron chi connectivity index (χ1n) is 4.09. The second-order valence-electron chi connectivity index (χ2n) is 3.07. The van der Waals surface area contributed by atoms with Gasteiger partial charge >= 0.3 is 5.97 Å². The topological polar surface area (TPSA) is 92.4 Å². The fourth-order valence-electron chi connectivity index (χ4n) is 1.05. The smallest absolute Gasteiger partial charge is 0.352 e. The number of carboxylic acid groups (broad SMARTS) is 1. The van der Waals surface area contributed by atoms with Crippen LogP contribution in [0.4, 0.5) is 0 Å². The molecule has 5 nitrogen and oxygen atoms in total. The van der Waals surface area contributed by atoms with Crippen LogP contribution in [0.15, 0.2) is 11.3 Å². The molecule has 1 aliphatic rings. The van der Waals surface area contributed by atoms with Crippen molar-refractivity contribution >= 4 is 23.6 Å². The van der Waals surface area contributed by atoms with Crippen LogP contribution in [0.25, 0.3) is 0 Å². The van der Waals surface area contributed by atoms with Crippen molar-refractivity contribution in [2.75, 3.05) is 11.5 Å². The summed E-state index contributed by atoms with van der Waals surface area (Å²) in [5.41, 5.74) is 6.12. The van der Waals surface area contributed by atoms with Gasteiger partial charge in [-0.15, -0.1) is 0 Å². The van der Waals surface area contributed by atoms with Crippen molar-refractivity contribution < 1.29 is 14.7 Å². The van der Waals surface area contributed by atoms with Crippen LogP contribution in [-0.2, 0) is 9.59 Å². The Morgan fingerprint density at radius 3 is 2.93 bits per heavy atom. The standard InChI is InChI=1S/C8H12N2O3S/c1-4-2-14-3-5(9)7(11)10-6(4)8(12)13/h5H,2-3,9H2,1H3,(H,10,11)(H,12,13)/b6-4-. The number of rotatable bonds is 1. The van der Waals surface area contributed by atoms with Crippen molar-refractivity contribution in [2.45, 2.75) is 13.0 Å². The predicted molar refractivity (Wildman–Crippen MR) is 53.8 cm³/mol. The third-order valence-electron chi connectivity index (χ3n) is 1.84. The minimum atomic E-state index is -1.12. The molecule has 0 fully saturated rings. The summed E-state index contributed by atoms with van der Waals surface area (Å²) in [5.74, 6) is -0.467. The number of amides is 1. The summed E-state index contributed by atoms with van der Waals surface area (Å²) in [4.78, 5) is 22.0. The lowest BCUT2D eigenvalue weighted by atomic mass is 10.2. The Morgan fingerprint density at radius 2 is 2.36 bits per heavy atom. The normalized spacial score (nSPS) is 29.0. The van der Waals surface area contributed by atoms with Crippen molar-refractivity contribution in [3.05, 3.63) is 11.3 Å². The van der Waals surface area contributed by atoms with Crippen molar-refractivity contribution in [3.63, 3.8) is 0 Å². The molecule has 0 spiro atoms. The van der Waals surface area contributed by atoms with Crippen LogP contribution in [0.5, 0.6) is 0 Å². The summed E-state index contributed by atoms with van der Waals surface area (Å²) in [6, 6.07) is -0.637. The molecule has 0 aliphatic carbocycles. The number of nitrogens with two attached hydrogens (primary N) is 1. The third kappa shape index (κ3) is 2.49. The Kier molecular flexibility index (Phi) is 3.54. The molecule has 1 amide bonds. The Morgan fingerprint density at radius 1 is 1.71 bits per heavy atom. The minimum absolute atomic E-state index is 0.0438. The summed E-state index contributed by atoms with van der Waals surface area (Å²) in [6.07, 6.45) is 0. The lowest BCUT2D eigenvalue weighted by molar-refractivity contribution is -0.134. The maximum absolute atomic E-state index is 11.3. The van der Waals surface area contributed by atoms with Gasteiger partial charge in [0.1, 0.15) is 5.70 Å². The maximum Gasteiger partial charge on any atom is 0.352 e. The van der Waals surface area contributed by atoms with E-state index in [1.807, 2.05) is 0 Å². The fourth-order valence-corrected chi connectivity index (χ4v) is 2.02. The molecule has 0 aromatic rings. The van der Waals surface area contributed by atoms with Crippen LogP contribution in [0.2, 0.25) is 0 Å².